The Balaban J connectivity index is 2.43. The van der Waals surface area contributed by atoms with Crippen molar-refractivity contribution in [2.45, 2.75) is 13.5 Å². The van der Waals surface area contributed by atoms with Crippen LogP contribution in [-0.2, 0) is 6.54 Å². The smallest absolute Gasteiger partial charge is 0.251 e. The second kappa shape index (κ2) is 4.94. The lowest BCUT2D eigenvalue weighted by molar-refractivity contribution is -0.525. The molecular weight excluding hydrogens is 196 g/mol. The van der Waals surface area contributed by atoms with Gasteiger partial charge in [-0.1, -0.05) is 35.3 Å². The van der Waals surface area contributed by atoms with Crippen molar-refractivity contribution in [2.75, 3.05) is 0 Å². The third-order valence-electron chi connectivity index (χ3n) is 1.75. The third-order valence-corrected chi connectivity index (χ3v) is 1.75. The number of nitro groups is 1. The molecule has 0 bridgehead atoms. The zero-order valence-electron chi connectivity index (χ0n) is 8.28. The molecule has 0 aliphatic carbocycles. The van der Waals surface area contributed by atoms with E-state index in [1.54, 1.807) is 5.43 Å². The number of hydrazine groups is 1. The average Bonchev–Trinajstić information content (AvgIpc) is 2.14. The molecular formula is C9H12N4O2. The van der Waals surface area contributed by atoms with E-state index in [0.717, 1.165) is 11.1 Å². The van der Waals surface area contributed by atoms with Crippen molar-refractivity contribution in [2.24, 2.45) is 0 Å². The van der Waals surface area contributed by atoms with Crippen LogP contribution in [0.5, 0.6) is 0 Å². The molecule has 0 radical (unpaired) electrons. The molecule has 1 aromatic rings. The second-order valence-corrected chi connectivity index (χ2v) is 3.09. The maximum atomic E-state index is 9.99. The lowest BCUT2D eigenvalue weighted by atomic mass is 10.1. The number of benzene rings is 1. The first kappa shape index (κ1) is 11.0. The normalized spacial score (nSPS) is 9.40. The number of rotatable bonds is 3. The standard InChI is InChI=1S/C9H12N4O2/c1-7-3-2-4-8(5-7)6-11-9(10)12-13(14)15/h2-5H,6H2,1H3,(H3,10,11,12). The zero-order valence-corrected chi connectivity index (χ0v) is 8.28. The van der Waals surface area contributed by atoms with Gasteiger partial charge in [0.2, 0.25) is 0 Å². The molecule has 0 spiro atoms. The first-order valence-electron chi connectivity index (χ1n) is 4.37. The lowest BCUT2D eigenvalue weighted by Crippen LogP contribution is -2.39. The van der Waals surface area contributed by atoms with Gasteiger partial charge in [-0.3, -0.25) is 5.41 Å². The van der Waals surface area contributed by atoms with Crippen molar-refractivity contribution in [3.05, 3.63) is 45.5 Å². The van der Waals surface area contributed by atoms with Crippen LogP contribution in [-0.4, -0.2) is 11.0 Å². The van der Waals surface area contributed by atoms with E-state index in [1.807, 2.05) is 31.2 Å². The number of hydrogen-bond acceptors (Lipinski definition) is 3. The molecule has 1 rings (SSSR count). The maximum absolute atomic E-state index is 9.99. The first-order chi connectivity index (χ1) is 7.08. The highest BCUT2D eigenvalue weighted by atomic mass is 16.7. The van der Waals surface area contributed by atoms with Gasteiger partial charge in [-0.25, -0.2) is 10.1 Å². The summed E-state index contributed by atoms with van der Waals surface area (Å²) in [5, 5.41) is 19.0. The Labute approximate surface area is 86.9 Å². The quantitative estimate of drug-likeness (QED) is 0.296. The molecule has 0 amide bonds. The van der Waals surface area contributed by atoms with Gasteiger partial charge in [-0.05, 0) is 12.5 Å². The van der Waals surface area contributed by atoms with Gasteiger partial charge in [-0.15, -0.1) is 0 Å². The van der Waals surface area contributed by atoms with Crippen LogP contribution in [0.2, 0.25) is 0 Å². The minimum atomic E-state index is -0.772. The van der Waals surface area contributed by atoms with E-state index in [0.29, 0.717) is 6.54 Å². The Hall–Kier alpha value is -2.11. The SMILES string of the molecule is Cc1cccc(CNC(=N)N[N+](=O)[O-])c1. The van der Waals surface area contributed by atoms with Crippen molar-refractivity contribution >= 4 is 5.96 Å². The molecule has 0 aliphatic heterocycles. The Morgan fingerprint density at radius 3 is 2.93 bits per heavy atom. The molecule has 0 saturated carbocycles. The van der Waals surface area contributed by atoms with Gasteiger partial charge in [-0.2, -0.15) is 0 Å². The van der Waals surface area contributed by atoms with Crippen LogP contribution in [0.15, 0.2) is 24.3 Å². The Morgan fingerprint density at radius 2 is 2.33 bits per heavy atom. The molecule has 0 aromatic heterocycles. The fourth-order valence-corrected chi connectivity index (χ4v) is 1.14. The van der Waals surface area contributed by atoms with Gasteiger partial charge in [0.05, 0.1) is 0 Å². The van der Waals surface area contributed by atoms with Gasteiger partial charge in [0.25, 0.3) is 5.96 Å². The number of hydrogen-bond donors (Lipinski definition) is 3. The van der Waals surface area contributed by atoms with E-state index in [-0.39, 0.29) is 5.96 Å². The van der Waals surface area contributed by atoms with E-state index < -0.39 is 5.03 Å². The predicted molar refractivity (Wildman–Crippen MR) is 55.9 cm³/mol. The largest absolute Gasteiger partial charge is 0.348 e. The summed E-state index contributed by atoms with van der Waals surface area (Å²) < 4.78 is 0. The molecule has 1 aromatic carbocycles. The van der Waals surface area contributed by atoms with Gasteiger partial charge >= 0.3 is 0 Å². The summed E-state index contributed by atoms with van der Waals surface area (Å²) in [7, 11) is 0. The maximum Gasteiger partial charge on any atom is 0.251 e. The lowest BCUT2D eigenvalue weighted by Gasteiger charge is -2.05. The van der Waals surface area contributed by atoms with Gasteiger partial charge in [0, 0.05) is 6.54 Å². The Kier molecular flexibility index (Phi) is 3.61. The molecule has 15 heavy (non-hydrogen) atoms. The molecule has 0 fully saturated rings. The summed E-state index contributed by atoms with van der Waals surface area (Å²) in [6.45, 7) is 2.35. The minimum absolute atomic E-state index is 0.318. The molecule has 80 valence electrons. The van der Waals surface area contributed by atoms with Crippen LogP contribution in [0.25, 0.3) is 0 Å². The average molecular weight is 208 g/mol. The number of aryl methyl sites for hydroxylation is 1. The molecule has 6 nitrogen and oxygen atoms in total. The molecule has 0 aliphatic rings. The highest BCUT2D eigenvalue weighted by Gasteiger charge is 2.01. The predicted octanol–water partition coefficient (Wildman–Crippen LogP) is 0.801. The van der Waals surface area contributed by atoms with Crippen LogP contribution < -0.4 is 10.7 Å². The Morgan fingerprint density at radius 1 is 1.60 bits per heavy atom. The zero-order chi connectivity index (χ0) is 11.3. The summed E-state index contributed by atoms with van der Waals surface area (Å²) in [6, 6.07) is 7.70. The van der Waals surface area contributed by atoms with Crippen LogP contribution >= 0.6 is 0 Å². The van der Waals surface area contributed by atoms with E-state index in [2.05, 4.69) is 5.32 Å². The summed E-state index contributed by atoms with van der Waals surface area (Å²) in [4.78, 5) is 9.99. The summed E-state index contributed by atoms with van der Waals surface area (Å²) in [5.41, 5.74) is 3.81. The van der Waals surface area contributed by atoms with Crippen molar-refractivity contribution in [3.63, 3.8) is 0 Å². The topological polar surface area (TPSA) is 91.1 Å². The van der Waals surface area contributed by atoms with Crippen molar-refractivity contribution < 1.29 is 5.03 Å². The number of nitrogens with zero attached hydrogens (tertiary/aromatic N) is 1. The van der Waals surface area contributed by atoms with Crippen molar-refractivity contribution in [3.8, 4) is 0 Å². The molecule has 0 heterocycles. The van der Waals surface area contributed by atoms with E-state index in [9.17, 15) is 10.1 Å². The molecule has 0 saturated heterocycles. The highest BCUT2D eigenvalue weighted by Crippen LogP contribution is 2.02. The highest BCUT2D eigenvalue weighted by molar-refractivity contribution is 5.74. The second-order valence-electron chi connectivity index (χ2n) is 3.09. The van der Waals surface area contributed by atoms with Gasteiger partial charge in [0.1, 0.15) is 0 Å². The molecule has 0 unspecified atom stereocenters. The minimum Gasteiger partial charge on any atom is -0.348 e. The monoisotopic (exact) mass is 208 g/mol. The van der Waals surface area contributed by atoms with E-state index in [1.165, 1.54) is 0 Å². The van der Waals surface area contributed by atoms with Gasteiger partial charge < -0.3 is 5.32 Å². The number of nitrogens with one attached hydrogen (secondary N) is 3. The van der Waals surface area contributed by atoms with E-state index in [4.69, 9.17) is 5.41 Å². The van der Waals surface area contributed by atoms with Crippen LogP contribution in [0.4, 0.5) is 0 Å². The molecule has 0 atom stereocenters. The van der Waals surface area contributed by atoms with Crippen LogP contribution in [0.3, 0.4) is 0 Å². The summed E-state index contributed by atoms with van der Waals surface area (Å²) >= 11 is 0. The summed E-state index contributed by atoms with van der Waals surface area (Å²) in [5.74, 6) is -0.318. The Bertz CT molecular complexity index is 378. The fourth-order valence-electron chi connectivity index (χ4n) is 1.14. The van der Waals surface area contributed by atoms with Crippen LogP contribution in [0.1, 0.15) is 11.1 Å². The third kappa shape index (κ3) is 4.08. The van der Waals surface area contributed by atoms with Crippen molar-refractivity contribution in [1.82, 2.24) is 10.7 Å². The van der Waals surface area contributed by atoms with Crippen molar-refractivity contribution in [1.29, 1.82) is 5.41 Å². The summed E-state index contributed by atoms with van der Waals surface area (Å²) in [6.07, 6.45) is 0. The van der Waals surface area contributed by atoms with Crippen LogP contribution in [0, 0.1) is 22.4 Å². The van der Waals surface area contributed by atoms with E-state index >= 15 is 0 Å². The number of guanidine groups is 1. The fraction of sp³-hybridized carbons (Fsp3) is 0.222. The van der Waals surface area contributed by atoms with Gasteiger partial charge in [0.15, 0.2) is 5.03 Å². The molecule has 3 N–H and O–H groups in total. The molecule has 6 heteroatoms. The first-order valence-corrected chi connectivity index (χ1v) is 4.37.